The summed E-state index contributed by atoms with van der Waals surface area (Å²) in [6.45, 7) is 4.10. The zero-order valence-electron chi connectivity index (χ0n) is 8.42. The molecule has 0 radical (unpaired) electrons. The van der Waals surface area contributed by atoms with Crippen LogP contribution in [0, 0.1) is 26.2 Å². The van der Waals surface area contributed by atoms with E-state index in [2.05, 4.69) is 11.2 Å². The Labute approximate surface area is 84.3 Å². The van der Waals surface area contributed by atoms with E-state index < -0.39 is 0 Å². The molecule has 0 spiro atoms. The topological polar surface area (TPSA) is 29.1 Å². The quantitative estimate of drug-likeness (QED) is 0.701. The molecule has 2 nitrogen and oxygen atoms in total. The largest absolute Gasteiger partial charge is 0.341 e. The van der Waals surface area contributed by atoms with E-state index in [1.807, 2.05) is 32.0 Å². The van der Waals surface area contributed by atoms with Crippen LogP contribution in [0.5, 0.6) is 0 Å². The van der Waals surface area contributed by atoms with Crippen LogP contribution in [0.2, 0.25) is 0 Å². The molecule has 0 bridgehead atoms. The van der Waals surface area contributed by atoms with E-state index in [9.17, 15) is 4.79 Å². The van der Waals surface area contributed by atoms with Crippen LogP contribution in [-0.2, 0) is 0 Å². The number of amides is 1. The van der Waals surface area contributed by atoms with Gasteiger partial charge in [-0.3, -0.25) is 4.79 Å². The van der Waals surface area contributed by atoms with Crippen LogP contribution in [0.4, 0.5) is 0 Å². The van der Waals surface area contributed by atoms with Crippen molar-refractivity contribution in [1.82, 2.24) is 5.32 Å². The molecular formula is C12H13NO. The smallest absolute Gasteiger partial charge is 0.252 e. The highest BCUT2D eigenvalue weighted by molar-refractivity contribution is 5.97. The highest BCUT2D eigenvalue weighted by Gasteiger charge is 2.09. The molecule has 0 aromatic heterocycles. The summed E-state index contributed by atoms with van der Waals surface area (Å²) in [5, 5.41) is 2.66. The lowest BCUT2D eigenvalue weighted by Crippen LogP contribution is -2.25. The molecule has 0 aliphatic rings. The second kappa shape index (κ2) is 4.48. The third kappa shape index (κ3) is 2.14. The number of terminal acetylenes is 1. The van der Waals surface area contributed by atoms with Gasteiger partial charge in [-0.15, -0.1) is 6.42 Å². The van der Waals surface area contributed by atoms with Gasteiger partial charge in [0, 0.05) is 5.56 Å². The minimum Gasteiger partial charge on any atom is -0.341 e. The maximum Gasteiger partial charge on any atom is 0.252 e. The number of carbonyl (C=O) groups is 1. The van der Waals surface area contributed by atoms with Crippen LogP contribution in [-0.4, -0.2) is 12.5 Å². The van der Waals surface area contributed by atoms with Crippen LogP contribution < -0.4 is 5.32 Å². The first kappa shape index (κ1) is 10.3. The summed E-state index contributed by atoms with van der Waals surface area (Å²) in [5.74, 6) is 2.28. The molecule has 1 rings (SSSR count). The van der Waals surface area contributed by atoms with Crippen molar-refractivity contribution in [3.05, 3.63) is 34.9 Å². The third-order valence-corrected chi connectivity index (χ3v) is 2.06. The molecule has 72 valence electrons. The Morgan fingerprint density at radius 3 is 2.50 bits per heavy atom. The van der Waals surface area contributed by atoms with Crippen molar-refractivity contribution in [2.24, 2.45) is 0 Å². The van der Waals surface area contributed by atoms with E-state index >= 15 is 0 Å². The minimum atomic E-state index is -0.0986. The highest BCUT2D eigenvalue weighted by atomic mass is 16.1. The number of hydrogen-bond donors (Lipinski definition) is 1. The lowest BCUT2D eigenvalue weighted by Gasteiger charge is -2.08. The average Bonchev–Trinajstić information content (AvgIpc) is 2.14. The molecule has 0 unspecified atom stereocenters. The number of rotatable bonds is 2. The molecule has 2 heteroatoms. The fourth-order valence-electron chi connectivity index (χ4n) is 1.39. The highest BCUT2D eigenvalue weighted by Crippen LogP contribution is 2.12. The Bertz CT molecular complexity index is 368. The van der Waals surface area contributed by atoms with Crippen molar-refractivity contribution in [2.75, 3.05) is 6.54 Å². The standard InChI is InChI=1S/C12H13NO/c1-4-8-13-12(14)11-9(2)6-5-7-10(11)3/h1,5-7H,8H2,2-3H3,(H,13,14). The number of aryl methyl sites for hydroxylation is 2. The van der Waals surface area contributed by atoms with Crippen molar-refractivity contribution in [2.45, 2.75) is 13.8 Å². The van der Waals surface area contributed by atoms with E-state index in [0.29, 0.717) is 0 Å². The molecule has 0 heterocycles. The zero-order valence-corrected chi connectivity index (χ0v) is 8.42. The van der Waals surface area contributed by atoms with Gasteiger partial charge in [0.15, 0.2) is 0 Å². The second-order valence-corrected chi connectivity index (χ2v) is 3.15. The number of hydrogen-bond acceptors (Lipinski definition) is 1. The summed E-state index contributed by atoms with van der Waals surface area (Å²) >= 11 is 0. The lowest BCUT2D eigenvalue weighted by atomic mass is 10.0. The first-order chi connectivity index (χ1) is 6.66. The van der Waals surface area contributed by atoms with Gasteiger partial charge in [-0.2, -0.15) is 0 Å². The van der Waals surface area contributed by atoms with Crippen molar-refractivity contribution in [1.29, 1.82) is 0 Å². The zero-order chi connectivity index (χ0) is 10.6. The lowest BCUT2D eigenvalue weighted by molar-refractivity contribution is 0.0957. The van der Waals surface area contributed by atoms with E-state index in [0.717, 1.165) is 16.7 Å². The Morgan fingerprint density at radius 2 is 2.00 bits per heavy atom. The molecule has 14 heavy (non-hydrogen) atoms. The molecule has 0 saturated carbocycles. The Hall–Kier alpha value is -1.75. The first-order valence-corrected chi connectivity index (χ1v) is 4.44. The summed E-state index contributed by atoms with van der Waals surface area (Å²) < 4.78 is 0. The Balaban J connectivity index is 2.95. The summed E-state index contributed by atoms with van der Waals surface area (Å²) in [4.78, 5) is 11.6. The maximum absolute atomic E-state index is 11.6. The number of carbonyl (C=O) groups excluding carboxylic acids is 1. The van der Waals surface area contributed by atoms with Gasteiger partial charge in [0.05, 0.1) is 6.54 Å². The van der Waals surface area contributed by atoms with Gasteiger partial charge >= 0.3 is 0 Å². The molecule has 1 amide bonds. The normalized spacial score (nSPS) is 9.21. The molecule has 0 aliphatic carbocycles. The number of nitrogens with one attached hydrogen (secondary N) is 1. The SMILES string of the molecule is C#CCNC(=O)c1c(C)cccc1C. The van der Waals surface area contributed by atoms with Gasteiger partial charge in [-0.25, -0.2) is 0 Å². The molecule has 1 aromatic carbocycles. The predicted molar refractivity (Wildman–Crippen MR) is 57.1 cm³/mol. The van der Waals surface area contributed by atoms with E-state index in [1.165, 1.54) is 0 Å². The van der Waals surface area contributed by atoms with Crippen molar-refractivity contribution in [3.8, 4) is 12.3 Å². The van der Waals surface area contributed by atoms with Gasteiger partial charge in [0.1, 0.15) is 0 Å². The van der Waals surface area contributed by atoms with Crippen molar-refractivity contribution in [3.63, 3.8) is 0 Å². The minimum absolute atomic E-state index is 0.0986. The van der Waals surface area contributed by atoms with E-state index in [1.54, 1.807) is 0 Å². The van der Waals surface area contributed by atoms with Crippen molar-refractivity contribution >= 4 is 5.91 Å². The molecule has 0 fully saturated rings. The first-order valence-electron chi connectivity index (χ1n) is 4.44. The van der Waals surface area contributed by atoms with Crippen molar-refractivity contribution < 1.29 is 4.79 Å². The van der Waals surface area contributed by atoms with Crippen LogP contribution >= 0.6 is 0 Å². The average molecular weight is 187 g/mol. The van der Waals surface area contributed by atoms with Crippen LogP contribution in [0.25, 0.3) is 0 Å². The van der Waals surface area contributed by atoms with Gasteiger partial charge in [0.25, 0.3) is 5.91 Å². The van der Waals surface area contributed by atoms with E-state index in [4.69, 9.17) is 6.42 Å². The van der Waals surface area contributed by atoms with Crippen LogP contribution in [0.3, 0.4) is 0 Å². The summed E-state index contributed by atoms with van der Waals surface area (Å²) in [7, 11) is 0. The van der Waals surface area contributed by atoms with Crippen LogP contribution in [0.1, 0.15) is 21.5 Å². The molecule has 0 saturated heterocycles. The Kier molecular flexibility index (Phi) is 3.30. The monoisotopic (exact) mass is 187 g/mol. The second-order valence-electron chi connectivity index (χ2n) is 3.15. The maximum atomic E-state index is 11.6. The molecular weight excluding hydrogens is 174 g/mol. The Morgan fingerprint density at radius 1 is 1.43 bits per heavy atom. The summed E-state index contributed by atoms with van der Waals surface area (Å²) in [6, 6.07) is 5.76. The van der Waals surface area contributed by atoms with Gasteiger partial charge in [0.2, 0.25) is 0 Å². The predicted octanol–water partition coefficient (Wildman–Crippen LogP) is 1.67. The van der Waals surface area contributed by atoms with Gasteiger partial charge < -0.3 is 5.32 Å². The van der Waals surface area contributed by atoms with Crippen LogP contribution in [0.15, 0.2) is 18.2 Å². The third-order valence-electron chi connectivity index (χ3n) is 2.06. The van der Waals surface area contributed by atoms with Gasteiger partial charge in [-0.1, -0.05) is 24.1 Å². The van der Waals surface area contributed by atoms with E-state index in [-0.39, 0.29) is 12.5 Å². The fraction of sp³-hybridized carbons (Fsp3) is 0.250. The summed E-state index contributed by atoms with van der Waals surface area (Å²) in [6.07, 6.45) is 5.07. The molecule has 1 N–H and O–H groups in total. The van der Waals surface area contributed by atoms with Gasteiger partial charge in [-0.05, 0) is 25.0 Å². The molecule has 0 atom stereocenters. The molecule has 1 aromatic rings. The number of benzene rings is 1. The summed E-state index contributed by atoms with van der Waals surface area (Å²) in [5.41, 5.74) is 2.67. The molecule has 0 aliphatic heterocycles. The fourth-order valence-corrected chi connectivity index (χ4v) is 1.39.